The van der Waals surface area contributed by atoms with Gasteiger partial charge in [-0.15, -0.1) is 0 Å². The maximum Gasteiger partial charge on any atom is 0.321 e. The van der Waals surface area contributed by atoms with Gasteiger partial charge in [0.25, 0.3) is 0 Å². The van der Waals surface area contributed by atoms with Crippen molar-refractivity contribution in [3.05, 3.63) is 0 Å². The first-order valence-corrected chi connectivity index (χ1v) is 6.33. The van der Waals surface area contributed by atoms with Crippen LogP contribution in [0, 0.1) is 5.92 Å². The Morgan fingerprint density at radius 3 is 2.69 bits per heavy atom. The third-order valence-electron chi connectivity index (χ3n) is 3.80. The summed E-state index contributed by atoms with van der Waals surface area (Å²) < 4.78 is 0. The van der Waals surface area contributed by atoms with E-state index in [1.54, 1.807) is 0 Å². The van der Waals surface area contributed by atoms with E-state index in [1.165, 1.54) is 0 Å². The van der Waals surface area contributed by atoms with Crippen molar-refractivity contribution in [2.75, 3.05) is 13.2 Å². The Morgan fingerprint density at radius 1 is 1.38 bits per heavy atom. The van der Waals surface area contributed by atoms with Gasteiger partial charge >= 0.3 is 5.97 Å². The summed E-state index contributed by atoms with van der Waals surface area (Å²) in [6, 6.07) is 0.125. The Bertz CT molecular complexity index is 253. The number of nitrogens with zero attached hydrogens (tertiary/aromatic N) is 1. The number of aliphatic hydroxyl groups is 1. The van der Waals surface area contributed by atoms with E-state index in [9.17, 15) is 9.90 Å². The smallest absolute Gasteiger partial charge is 0.321 e. The third-order valence-corrected chi connectivity index (χ3v) is 3.80. The fraction of sp³-hybridized carbons (Fsp3) is 0.917. The van der Waals surface area contributed by atoms with Crippen LogP contribution in [0.4, 0.5) is 0 Å². The van der Waals surface area contributed by atoms with Crippen LogP contribution in [0.25, 0.3) is 0 Å². The molecule has 16 heavy (non-hydrogen) atoms. The first-order chi connectivity index (χ1) is 7.74. The van der Waals surface area contributed by atoms with Crippen LogP contribution in [0.2, 0.25) is 0 Å². The number of aliphatic hydroxyl groups excluding tert-OH is 1. The quantitative estimate of drug-likeness (QED) is 0.713. The van der Waals surface area contributed by atoms with Crippen LogP contribution in [0.3, 0.4) is 0 Å². The normalized spacial score (nSPS) is 28.2. The van der Waals surface area contributed by atoms with Crippen LogP contribution >= 0.6 is 0 Å². The van der Waals surface area contributed by atoms with E-state index in [2.05, 4.69) is 4.90 Å². The molecule has 2 fully saturated rings. The molecule has 2 unspecified atom stereocenters. The zero-order valence-corrected chi connectivity index (χ0v) is 9.64. The number of aliphatic carboxylic acids is 1. The molecule has 1 aliphatic carbocycles. The second-order valence-corrected chi connectivity index (χ2v) is 5.02. The highest BCUT2D eigenvalue weighted by atomic mass is 16.4. The van der Waals surface area contributed by atoms with Crippen molar-refractivity contribution in [3.8, 4) is 0 Å². The number of carboxylic acid groups (broad SMARTS) is 1. The van der Waals surface area contributed by atoms with Gasteiger partial charge in [-0.1, -0.05) is 0 Å². The average Bonchev–Trinajstić information content (AvgIpc) is 2.95. The third kappa shape index (κ3) is 2.55. The second kappa shape index (κ2) is 5.15. The lowest BCUT2D eigenvalue weighted by molar-refractivity contribution is -0.144. The highest BCUT2D eigenvalue weighted by Gasteiger charge is 2.43. The second-order valence-electron chi connectivity index (χ2n) is 5.02. The van der Waals surface area contributed by atoms with Crippen LogP contribution in [0.1, 0.15) is 38.5 Å². The summed E-state index contributed by atoms with van der Waals surface area (Å²) in [5.41, 5.74) is 0. The first kappa shape index (κ1) is 11.9. The largest absolute Gasteiger partial charge is 0.480 e. The van der Waals surface area contributed by atoms with E-state index in [4.69, 9.17) is 5.11 Å². The monoisotopic (exact) mass is 227 g/mol. The number of hydrogen-bond donors (Lipinski definition) is 2. The molecule has 0 aromatic carbocycles. The lowest BCUT2D eigenvalue weighted by atomic mass is 10.1. The fourth-order valence-electron chi connectivity index (χ4n) is 2.89. The van der Waals surface area contributed by atoms with E-state index in [0.29, 0.717) is 12.0 Å². The van der Waals surface area contributed by atoms with Crippen molar-refractivity contribution in [2.45, 2.75) is 50.6 Å². The van der Waals surface area contributed by atoms with E-state index in [1.807, 2.05) is 0 Å². The van der Waals surface area contributed by atoms with Crippen LogP contribution in [-0.2, 0) is 4.79 Å². The fourth-order valence-corrected chi connectivity index (χ4v) is 2.89. The van der Waals surface area contributed by atoms with Gasteiger partial charge in [0.05, 0.1) is 0 Å². The predicted octanol–water partition coefficient (Wildman–Crippen LogP) is 1.09. The van der Waals surface area contributed by atoms with Crippen molar-refractivity contribution in [1.29, 1.82) is 0 Å². The molecule has 0 aromatic rings. The minimum atomic E-state index is -0.654. The molecule has 4 nitrogen and oxygen atoms in total. The van der Waals surface area contributed by atoms with Gasteiger partial charge in [0, 0.05) is 12.6 Å². The number of likely N-dealkylation sites (tertiary alicyclic amines) is 1. The first-order valence-electron chi connectivity index (χ1n) is 6.33. The Kier molecular flexibility index (Phi) is 3.82. The molecule has 2 atom stereocenters. The summed E-state index contributed by atoms with van der Waals surface area (Å²) in [5, 5.41) is 18.1. The molecule has 92 valence electrons. The summed E-state index contributed by atoms with van der Waals surface area (Å²) in [4.78, 5) is 13.5. The number of hydrogen-bond acceptors (Lipinski definition) is 3. The number of carboxylic acids is 1. The maximum atomic E-state index is 11.3. The Labute approximate surface area is 96.3 Å². The van der Waals surface area contributed by atoms with Crippen molar-refractivity contribution < 1.29 is 15.0 Å². The average molecular weight is 227 g/mol. The van der Waals surface area contributed by atoms with Gasteiger partial charge in [-0.3, -0.25) is 9.69 Å². The molecule has 1 saturated heterocycles. The SMILES string of the molecule is O=C(O)C(C1CC1)N1CCCC1CCCO. The summed E-state index contributed by atoms with van der Waals surface area (Å²) in [6.45, 7) is 1.13. The molecule has 1 heterocycles. The summed E-state index contributed by atoms with van der Waals surface area (Å²) in [5.74, 6) is -0.273. The highest BCUT2D eigenvalue weighted by molar-refractivity contribution is 5.74. The van der Waals surface area contributed by atoms with Crippen LogP contribution in [-0.4, -0.2) is 46.3 Å². The molecule has 0 radical (unpaired) electrons. The van der Waals surface area contributed by atoms with E-state index >= 15 is 0 Å². The number of carbonyl (C=O) groups is 1. The zero-order valence-electron chi connectivity index (χ0n) is 9.64. The molecule has 2 N–H and O–H groups in total. The van der Waals surface area contributed by atoms with Gasteiger partial charge in [0.2, 0.25) is 0 Å². The molecule has 1 saturated carbocycles. The minimum Gasteiger partial charge on any atom is -0.480 e. The molecular formula is C12H21NO3. The van der Waals surface area contributed by atoms with Gasteiger partial charge in [-0.25, -0.2) is 0 Å². The van der Waals surface area contributed by atoms with Gasteiger partial charge in [-0.2, -0.15) is 0 Å². The van der Waals surface area contributed by atoms with Gasteiger partial charge in [0.1, 0.15) is 6.04 Å². The minimum absolute atomic E-state index is 0.214. The highest BCUT2D eigenvalue weighted by Crippen LogP contribution is 2.38. The van der Waals surface area contributed by atoms with Crippen molar-refractivity contribution in [3.63, 3.8) is 0 Å². The van der Waals surface area contributed by atoms with E-state index < -0.39 is 5.97 Å². The predicted molar refractivity (Wildman–Crippen MR) is 60.2 cm³/mol. The van der Waals surface area contributed by atoms with Crippen LogP contribution in [0.5, 0.6) is 0 Å². The molecular weight excluding hydrogens is 206 g/mol. The molecule has 0 aromatic heterocycles. The lowest BCUT2D eigenvalue weighted by Gasteiger charge is -2.30. The molecule has 1 aliphatic heterocycles. The summed E-state index contributed by atoms with van der Waals surface area (Å²) in [6.07, 6.45) is 6.06. The van der Waals surface area contributed by atoms with Crippen molar-refractivity contribution in [2.24, 2.45) is 5.92 Å². The molecule has 4 heteroatoms. The molecule has 0 bridgehead atoms. The lowest BCUT2D eigenvalue weighted by Crippen LogP contribution is -2.45. The number of rotatable bonds is 6. The van der Waals surface area contributed by atoms with E-state index in [-0.39, 0.29) is 12.6 Å². The Hall–Kier alpha value is -0.610. The standard InChI is InChI=1S/C12H21NO3/c14-8-2-4-10-3-1-7-13(10)11(12(15)16)9-5-6-9/h9-11,14H,1-8H2,(H,15,16). The maximum absolute atomic E-state index is 11.3. The van der Waals surface area contributed by atoms with E-state index in [0.717, 1.165) is 45.1 Å². The molecule has 2 aliphatic rings. The van der Waals surface area contributed by atoms with Gasteiger partial charge in [-0.05, 0) is 51.0 Å². The molecule has 2 rings (SSSR count). The van der Waals surface area contributed by atoms with Gasteiger partial charge in [0.15, 0.2) is 0 Å². The molecule has 0 spiro atoms. The topological polar surface area (TPSA) is 60.8 Å². The Morgan fingerprint density at radius 2 is 2.12 bits per heavy atom. The van der Waals surface area contributed by atoms with Crippen LogP contribution < -0.4 is 0 Å². The Balaban J connectivity index is 1.96. The zero-order chi connectivity index (χ0) is 11.5. The van der Waals surface area contributed by atoms with Crippen molar-refractivity contribution in [1.82, 2.24) is 4.90 Å². The molecule has 0 amide bonds. The van der Waals surface area contributed by atoms with Crippen molar-refractivity contribution >= 4 is 5.97 Å². The van der Waals surface area contributed by atoms with Gasteiger partial charge < -0.3 is 10.2 Å². The van der Waals surface area contributed by atoms with Crippen LogP contribution in [0.15, 0.2) is 0 Å². The summed E-state index contributed by atoms with van der Waals surface area (Å²) >= 11 is 0. The summed E-state index contributed by atoms with van der Waals surface area (Å²) in [7, 11) is 0.